The van der Waals surface area contributed by atoms with Crippen LogP contribution in [0.5, 0.6) is 0 Å². The van der Waals surface area contributed by atoms with Crippen molar-refractivity contribution in [3.8, 4) is 0 Å². The van der Waals surface area contributed by atoms with Crippen LogP contribution in [0.4, 0.5) is 4.39 Å². The minimum absolute atomic E-state index is 0.244. The van der Waals surface area contributed by atoms with Gasteiger partial charge in [-0.3, -0.25) is 4.98 Å². The molecule has 0 bridgehead atoms. The lowest BCUT2D eigenvalue weighted by molar-refractivity contribution is 0.134. The fraction of sp³-hybridized carbons (Fsp3) is 0.643. The normalized spacial score (nSPS) is 13.9. The second-order valence-electron chi connectivity index (χ2n) is 6.00. The molecule has 1 N–H and O–H groups in total. The van der Waals surface area contributed by atoms with Gasteiger partial charge in [-0.1, -0.05) is 20.8 Å². The summed E-state index contributed by atoms with van der Waals surface area (Å²) in [7, 11) is 2.04. The number of pyridine rings is 1. The van der Waals surface area contributed by atoms with Gasteiger partial charge in [0.2, 0.25) is 0 Å². The summed E-state index contributed by atoms with van der Waals surface area (Å²) >= 11 is 0. The van der Waals surface area contributed by atoms with Crippen LogP contribution < -0.4 is 0 Å². The predicted molar refractivity (Wildman–Crippen MR) is 70.7 cm³/mol. The Hall–Kier alpha value is -1.00. The van der Waals surface area contributed by atoms with Crippen molar-refractivity contribution in [3.63, 3.8) is 0 Å². The lowest BCUT2D eigenvalue weighted by Crippen LogP contribution is -2.30. The maximum atomic E-state index is 12.7. The Morgan fingerprint density at radius 2 is 2.06 bits per heavy atom. The quantitative estimate of drug-likeness (QED) is 0.877. The van der Waals surface area contributed by atoms with Gasteiger partial charge in [0.05, 0.1) is 18.0 Å². The summed E-state index contributed by atoms with van der Waals surface area (Å²) in [6.45, 7) is 8.30. The zero-order valence-corrected chi connectivity index (χ0v) is 11.7. The van der Waals surface area contributed by atoms with Crippen LogP contribution in [0.2, 0.25) is 0 Å². The van der Waals surface area contributed by atoms with Crippen molar-refractivity contribution >= 4 is 0 Å². The maximum absolute atomic E-state index is 12.7. The highest BCUT2D eigenvalue weighted by atomic mass is 19.1. The van der Waals surface area contributed by atoms with E-state index in [0.29, 0.717) is 12.1 Å². The summed E-state index contributed by atoms with van der Waals surface area (Å²) < 4.78 is 12.7. The molecule has 18 heavy (non-hydrogen) atoms. The molecule has 4 heteroatoms. The molecule has 1 atom stereocenters. The van der Waals surface area contributed by atoms with Crippen molar-refractivity contribution in [3.05, 3.63) is 29.8 Å². The molecule has 0 aliphatic carbocycles. The number of rotatable bonds is 5. The van der Waals surface area contributed by atoms with Gasteiger partial charge in [-0.25, -0.2) is 4.39 Å². The van der Waals surface area contributed by atoms with E-state index < -0.39 is 6.10 Å². The summed E-state index contributed by atoms with van der Waals surface area (Å²) in [6.07, 6.45) is 1.11. The van der Waals surface area contributed by atoms with Gasteiger partial charge in [-0.05, 0) is 31.0 Å². The lowest BCUT2D eigenvalue weighted by atomic mass is 9.96. The fourth-order valence-electron chi connectivity index (χ4n) is 1.96. The predicted octanol–water partition coefficient (Wildman–Crippen LogP) is 2.62. The Bertz CT molecular complexity index is 359. The van der Waals surface area contributed by atoms with Gasteiger partial charge in [0, 0.05) is 13.1 Å². The molecule has 0 aliphatic heterocycles. The highest BCUT2D eigenvalue weighted by Gasteiger charge is 2.15. The molecule has 0 radical (unpaired) electrons. The maximum Gasteiger partial charge on any atom is 0.141 e. The van der Waals surface area contributed by atoms with Crippen molar-refractivity contribution in [2.24, 2.45) is 5.41 Å². The molecule has 0 aliphatic rings. The van der Waals surface area contributed by atoms with Gasteiger partial charge in [0.25, 0.3) is 0 Å². The van der Waals surface area contributed by atoms with Crippen LogP contribution in [-0.2, 0) is 0 Å². The number of halogens is 1. The zero-order valence-electron chi connectivity index (χ0n) is 11.7. The molecule has 1 rings (SSSR count). The molecule has 0 spiro atoms. The van der Waals surface area contributed by atoms with E-state index in [-0.39, 0.29) is 11.2 Å². The molecule has 3 nitrogen and oxygen atoms in total. The molecule has 1 heterocycles. The minimum atomic E-state index is -0.631. The zero-order chi connectivity index (χ0) is 13.8. The van der Waals surface area contributed by atoms with Crippen LogP contribution in [0, 0.1) is 11.2 Å². The largest absolute Gasteiger partial charge is 0.387 e. The molecule has 0 saturated heterocycles. The first-order valence-electron chi connectivity index (χ1n) is 6.26. The van der Waals surface area contributed by atoms with Gasteiger partial charge in [-0.15, -0.1) is 0 Å². The molecule has 0 saturated carbocycles. The van der Waals surface area contributed by atoms with Crippen molar-refractivity contribution in [2.75, 3.05) is 20.1 Å². The number of nitrogens with zero attached hydrogens (tertiary/aromatic N) is 2. The third kappa shape index (κ3) is 5.56. The minimum Gasteiger partial charge on any atom is -0.387 e. The van der Waals surface area contributed by atoms with Crippen LogP contribution in [0.25, 0.3) is 0 Å². The first-order valence-corrected chi connectivity index (χ1v) is 6.26. The summed E-state index contributed by atoms with van der Waals surface area (Å²) in [5.74, 6) is -0.379. The Kier molecular flexibility index (Phi) is 5.23. The van der Waals surface area contributed by atoms with Crippen molar-refractivity contribution in [1.82, 2.24) is 9.88 Å². The Balaban J connectivity index is 2.41. The number of aromatic nitrogens is 1. The smallest absolute Gasteiger partial charge is 0.141 e. The topological polar surface area (TPSA) is 36.4 Å². The first-order chi connectivity index (χ1) is 8.28. The second kappa shape index (κ2) is 6.25. The molecular weight excluding hydrogens is 231 g/mol. The first kappa shape index (κ1) is 15.1. The lowest BCUT2D eigenvalue weighted by Gasteiger charge is -2.27. The van der Waals surface area contributed by atoms with Gasteiger partial charge < -0.3 is 10.0 Å². The molecule has 1 aromatic rings. The third-order valence-corrected chi connectivity index (χ3v) is 2.62. The number of hydrogen-bond donors (Lipinski definition) is 1. The van der Waals surface area contributed by atoms with E-state index in [0.717, 1.165) is 19.3 Å². The van der Waals surface area contributed by atoms with Crippen LogP contribution in [0.1, 0.15) is 39.0 Å². The van der Waals surface area contributed by atoms with Crippen LogP contribution in [0.3, 0.4) is 0 Å². The second-order valence-corrected chi connectivity index (χ2v) is 6.00. The van der Waals surface area contributed by atoms with Crippen LogP contribution in [-0.4, -0.2) is 35.1 Å². The van der Waals surface area contributed by atoms with E-state index in [1.54, 1.807) is 0 Å². The summed E-state index contributed by atoms with van der Waals surface area (Å²) in [4.78, 5) is 6.07. The fourth-order valence-corrected chi connectivity index (χ4v) is 1.96. The molecular formula is C14H23FN2O. The van der Waals surface area contributed by atoms with Crippen molar-refractivity contribution in [1.29, 1.82) is 0 Å². The van der Waals surface area contributed by atoms with E-state index in [1.807, 2.05) is 7.05 Å². The van der Waals surface area contributed by atoms with Gasteiger partial charge in [-0.2, -0.15) is 0 Å². The van der Waals surface area contributed by atoms with E-state index in [4.69, 9.17) is 0 Å². The summed E-state index contributed by atoms with van der Waals surface area (Å²) in [5.41, 5.74) is 0.772. The Morgan fingerprint density at radius 1 is 1.39 bits per heavy atom. The van der Waals surface area contributed by atoms with Gasteiger partial charge in [0.15, 0.2) is 0 Å². The SMILES string of the molecule is CN(CCC(O)c1ccc(F)cn1)CC(C)(C)C. The number of aliphatic hydroxyl groups excluding tert-OH is 1. The van der Waals surface area contributed by atoms with E-state index in [9.17, 15) is 9.50 Å². The average Bonchev–Trinajstić information content (AvgIpc) is 2.24. The molecule has 0 aromatic carbocycles. The highest BCUT2D eigenvalue weighted by Crippen LogP contribution is 2.17. The monoisotopic (exact) mass is 254 g/mol. The molecule has 102 valence electrons. The molecule has 1 unspecified atom stereocenters. The summed E-state index contributed by atoms with van der Waals surface area (Å²) in [5, 5.41) is 9.95. The van der Waals surface area contributed by atoms with E-state index >= 15 is 0 Å². The van der Waals surface area contributed by atoms with Gasteiger partial charge >= 0.3 is 0 Å². The Labute approximate surface area is 109 Å². The third-order valence-electron chi connectivity index (χ3n) is 2.62. The standard InChI is InChI=1S/C14H23FN2O/c1-14(2,3)10-17(4)8-7-13(18)12-6-5-11(15)9-16-12/h5-6,9,13,18H,7-8,10H2,1-4H3. The number of aliphatic hydroxyl groups is 1. The number of hydrogen-bond acceptors (Lipinski definition) is 3. The molecule has 0 fully saturated rings. The van der Waals surface area contributed by atoms with Crippen LogP contribution in [0.15, 0.2) is 18.3 Å². The van der Waals surface area contributed by atoms with Crippen LogP contribution >= 0.6 is 0 Å². The Morgan fingerprint density at radius 3 is 2.56 bits per heavy atom. The van der Waals surface area contributed by atoms with E-state index in [1.165, 1.54) is 12.1 Å². The highest BCUT2D eigenvalue weighted by molar-refractivity contribution is 5.07. The van der Waals surface area contributed by atoms with Crippen molar-refractivity contribution in [2.45, 2.75) is 33.3 Å². The van der Waals surface area contributed by atoms with E-state index in [2.05, 4.69) is 30.7 Å². The summed E-state index contributed by atoms with van der Waals surface area (Å²) in [6, 6.07) is 2.86. The van der Waals surface area contributed by atoms with Gasteiger partial charge in [0.1, 0.15) is 5.82 Å². The average molecular weight is 254 g/mol. The molecule has 0 amide bonds. The molecule has 1 aromatic heterocycles. The van der Waals surface area contributed by atoms with Crippen molar-refractivity contribution < 1.29 is 9.50 Å².